The van der Waals surface area contributed by atoms with Gasteiger partial charge in [-0.15, -0.1) is 0 Å². The Kier molecular flexibility index (Phi) is 11.3. The molecule has 9 heteroatoms. The van der Waals surface area contributed by atoms with Crippen molar-refractivity contribution in [2.45, 2.75) is 50.2 Å². The molecule has 4 amide bonds. The average Bonchev–Trinajstić information content (AvgIpc) is 3.20. The third kappa shape index (κ3) is 8.76. The summed E-state index contributed by atoms with van der Waals surface area (Å²) >= 11 is 0. The Hall–Kier alpha value is -6.06. The molecule has 6 aromatic carbocycles. The molecule has 7 rings (SSSR count). The monoisotopic (exact) mass is 719 g/mol. The number of primary amides is 1. The summed E-state index contributed by atoms with van der Waals surface area (Å²) in [6, 6.07) is 38.4. The van der Waals surface area contributed by atoms with Crippen LogP contribution in [0.4, 0.5) is 0 Å². The lowest BCUT2D eigenvalue weighted by Gasteiger charge is -2.27. The molecule has 6 aromatic rings. The Morgan fingerprint density at radius 1 is 0.556 bits per heavy atom. The standard InChI is InChI=1S/C45H45N5O4/c46-42(51)39(28-37-14-7-13-33-10-5-6-15-38(33)37)48-44(53)41(27-30-17-19-32-9-2-4-12-36(32)25-30)50-45(54)40(49-43(52)34-20-22-47-23-21-34)26-29-16-18-31-8-1-3-11-35(31)24-29/h1-19,24-25,34,39-41,47H,20-23,26-28H2,(H2,46,51)(H,48,53)(H,49,52)(H,50,54)/t39-,40+,41+/m0/s1. The summed E-state index contributed by atoms with van der Waals surface area (Å²) in [6.07, 6.45) is 1.90. The number of hydrogen-bond donors (Lipinski definition) is 5. The average molecular weight is 720 g/mol. The Balaban J connectivity index is 1.17. The van der Waals surface area contributed by atoms with Gasteiger partial charge in [-0.25, -0.2) is 0 Å². The Morgan fingerprint density at radius 2 is 1.06 bits per heavy atom. The van der Waals surface area contributed by atoms with Gasteiger partial charge in [0.05, 0.1) is 0 Å². The van der Waals surface area contributed by atoms with Gasteiger partial charge >= 0.3 is 0 Å². The largest absolute Gasteiger partial charge is 0.368 e. The molecule has 0 aliphatic carbocycles. The highest BCUT2D eigenvalue weighted by atomic mass is 16.2. The van der Waals surface area contributed by atoms with Crippen LogP contribution in [0.15, 0.2) is 127 Å². The molecule has 1 saturated heterocycles. The third-order valence-corrected chi connectivity index (χ3v) is 10.4. The topological polar surface area (TPSA) is 142 Å². The lowest BCUT2D eigenvalue weighted by molar-refractivity contribution is -0.134. The second-order valence-corrected chi connectivity index (χ2v) is 14.2. The van der Waals surface area contributed by atoms with Crippen molar-refractivity contribution in [1.29, 1.82) is 0 Å². The van der Waals surface area contributed by atoms with E-state index in [4.69, 9.17) is 5.73 Å². The number of rotatable bonds is 13. The molecule has 1 aliphatic rings. The number of amides is 4. The van der Waals surface area contributed by atoms with E-state index in [9.17, 15) is 19.2 Å². The van der Waals surface area contributed by atoms with Crippen LogP contribution in [0.2, 0.25) is 0 Å². The summed E-state index contributed by atoms with van der Waals surface area (Å²) < 4.78 is 0. The molecule has 54 heavy (non-hydrogen) atoms. The maximum absolute atomic E-state index is 14.4. The minimum absolute atomic E-state index is 0.146. The van der Waals surface area contributed by atoms with Gasteiger partial charge in [0, 0.05) is 25.2 Å². The van der Waals surface area contributed by atoms with Gasteiger partial charge in [0.25, 0.3) is 0 Å². The zero-order chi connectivity index (χ0) is 37.4. The SMILES string of the molecule is NC(=O)[C@H](Cc1cccc2ccccc12)NC(=O)[C@@H](Cc1ccc2ccccc2c1)NC(=O)[C@@H](Cc1ccc2ccccc2c1)NC(=O)C1CCNCC1. The van der Waals surface area contributed by atoms with Gasteiger partial charge in [0.2, 0.25) is 23.6 Å². The van der Waals surface area contributed by atoms with Crippen LogP contribution in [0.5, 0.6) is 0 Å². The van der Waals surface area contributed by atoms with E-state index in [1.165, 1.54) is 0 Å². The van der Waals surface area contributed by atoms with E-state index in [1.807, 2.05) is 127 Å². The van der Waals surface area contributed by atoms with Crippen molar-refractivity contribution in [3.8, 4) is 0 Å². The highest BCUT2D eigenvalue weighted by Gasteiger charge is 2.32. The van der Waals surface area contributed by atoms with E-state index in [0.29, 0.717) is 12.8 Å². The van der Waals surface area contributed by atoms with E-state index in [2.05, 4.69) is 21.3 Å². The zero-order valence-electron chi connectivity index (χ0n) is 30.1. The predicted molar refractivity (Wildman–Crippen MR) is 214 cm³/mol. The summed E-state index contributed by atoms with van der Waals surface area (Å²) in [7, 11) is 0. The maximum Gasteiger partial charge on any atom is 0.243 e. The fourth-order valence-corrected chi connectivity index (χ4v) is 7.45. The van der Waals surface area contributed by atoms with E-state index in [1.54, 1.807) is 0 Å². The smallest absolute Gasteiger partial charge is 0.243 e. The number of fused-ring (bicyclic) bond motifs is 3. The number of nitrogens with two attached hydrogens (primary N) is 1. The van der Waals surface area contributed by atoms with E-state index < -0.39 is 35.8 Å². The molecule has 1 heterocycles. The Labute approximate surface area is 314 Å². The van der Waals surface area contributed by atoms with Crippen molar-refractivity contribution in [3.05, 3.63) is 144 Å². The molecule has 0 radical (unpaired) electrons. The number of benzene rings is 6. The van der Waals surface area contributed by atoms with Crippen LogP contribution in [0.1, 0.15) is 29.5 Å². The Bertz CT molecular complexity index is 2310. The van der Waals surface area contributed by atoms with Crippen LogP contribution < -0.4 is 27.0 Å². The molecule has 3 atom stereocenters. The van der Waals surface area contributed by atoms with Gasteiger partial charge < -0.3 is 27.0 Å². The van der Waals surface area contributed by atoms with Crippen molar-refractivity contribution in [2.24, 2.45) is 11.7 Å². The normalized spacial score (nSPS) is 15.0. The molecule has 0 unspecified atom stereocenters. The summed E-state index contributed by atoms with van der Waals surface area (Å²) in [5.41, 5.74) is 8.46. The van der Waals surface area contributed by atoms with Crippen LogP contribution in [0.25, 0.3) is 32.3 Å². The molecule has 0 saturated carbocycles. The lowest BCUT2D eigenvalue weighted by atomic mass is 9.95. The number of carbonyl (C=O) groups is 4. The first-order valence-electron chi connectivity index (χ1n) is 18.6. The van der Waals surface area contributed by atoms with Gasteiger partial charge in [0.15, 0.2) is 0 Å². The van der Waals surface area contributed by atoms with E-state index in [0.717, 1.165) is 62.1 Å². The summed E-state index contributed by atoms with van der Waals surface area (Å²) in [5.74, 6) is -2.13. The number of piperidine rings is 1. The first kappa shape index (κ1) is 36.3. The minimum atomic E-state index is -1.08. The van der Waals surface area contributed by atoms with Crippen molar-refractivity contribution in [3.63, 3.8) is 0 Å². The molecule has 0 aromatic heterocycles. The highest BCUT2D eigenvalue weighted by molar-refractivity contribution is 5.95. The summed E-state index contributed by atoms with van der Waals surface area (Å²) in [4.78, 5) is 55.1. The summed E-state index contributed by atoms with van der Waals surface area (Å²) in [5, 5.41) is 18.3. The summed E-state index contributed by atoms with van der Waals surface area (Å²) in [6.45, 7) is 1.46. The lowest BCUT2D eigenvalue weighted by Crippen LogP contribution is -2.58. The number of carbonyl (C=O) groups excluding carboxylic acids is 4. The van der Waals surface area contributed by atoms with Crippen LogP contribution in [0.3, 0.4) is 0 Å². The number of nitrogens with one attached hydrogen (secondary N) is 4. The maximum atomic E-state index is 14.4. The van der Waals surface area contributed by atoms with Gasteiger partial charge in [-0.05, 0) is 74.9 Å². The van der Waals surface area contributed by atoms with E-state index >= 15 is 0 Å². The fourth-order valence-electron chi connectivity index (χ4n) is 7.45. The number of hydrogen-bond acceptors (Lipinski definition) is 5. The molecule has 274 valence electrons. The van der Waals surface area contributed by atoms with Crippen molar-refractivity contribution in [2.75, 3.05) is 13.1 Å². The van der Waals surface area contributed by atoms with Gasteiger partial charge in [-0.2, -0.15) is 0 Å². The van der Waals surface area contributed by atoms with Gasteiger partial charge in [-0.1, -0.05) is 127 Å². The third-order valence-electron chi connectivity index (χ3n) is 10.4. The van der Waals surface area contributed by atoms with Crippen molar-refractivity contribution < 1.29 is 19.2 Å². The second-order valence-electron chi connectivity index (χ2n) is 14.2. The fraction of sp³-hybridized carbons (Fsp3) is 0.244. The van der Waals surface area contributed by atoms with Crippen LogP contribution in [0, 0.1) is 5.92 Å². The first-order valence-corrected chi connectivity index (χ1v) is 18.6. The van der Waals surface area contributed by atoms with Crippen molar-refractivity contribution >= 4 is 55.9 Å². The molecule has 0 spiro atoms. The van der Waals surface area contributed by atoms with E-state index in [-0.39, 0.29) is 31.1 Å². The minimum Gasteiger partial charge on any atom is -0.368 e. The van der Waals surface area contributed by atoms with Crippen LogP contribution >= 0.6 is 0 Å². The molecule has 1 aliphatic heterocycles. The quantitative estimate of drug-likeness (QED) is 0.113. The molecular weight excluding hydrogens is 675 g/mol. The predicted octanol–water partition coefficient (Wildman–Crippen LogP) is 5.11. The van der Waals surface area contributed by atoms with Crippen LogP contribution in [-0.4, -0.2) is 54.8 Å². The molecule has 9 nitrogen and oxygen atoms in total. The van der Waals surface area contributed by atoms with Crippen molar-refractivity contribution in [1.82, 2.24) is 21.3 Å². The highest BCUT2D eigenvalue weighted by Crippen LogP contribution is 2.22. The van der Waals surface area contributed by atoms with Crippen LogP contribution in [-0.2, 0) is 38.4 Å². The Morgan fingerprint density at radius 3 is 1.65 bits per heavy atom. The molecule has 6 N–H and O–H groups in total. The second kappa shape index (κ2) is 16.7. The first-order chi connectivity index (χ1) is 26.3. The van der Waals surface area contributed by atoms with Gasteiger partial charge in [0.1, 0.15) is 18.1 Å². The molecule has 1 fully saturated rings. The zero-order valence-corrected chi connectivity index (χ0v) is 30.1. The molecule has 0 bridgehead atoms. The molecular formula is C45H45N5O4. The van der Waals surface area contributed by atoms with Gasteiger partial charge in [-0.3, -0.25) is 19.2 Å².